The number of carbonyl (C=O) groups is 2. The molecule has 2 aromatic rings. The molecule has 21 heavy (non-hydrogen) atoms. The van der Waals surface area contributed by atoms with Crippen molar-refractivity contribution in [2.75, 3.05) is 18.8 Å². The zero-order valence-corrected chi connectivity index (χ0v) is 10.6. The van der Waals surface area contributed by atoms with Gasteiger partial charge in [-0.1, -0.05) is 0 Å². The number of carbonyl (C=O) groups excluding carboxylic acids is 1. The van der Waals surface area contributed by atoms with Crippen molar-refractivity contribution < 1.29 is 19.7 Å². The first kappa shape index (κ1) is 14.2. The molecule has 7 N–H and O–H groups in total. The Bertz CT molecular complexity index is 757. The third kappa shape index (κ3) is 3.40. The lowest BCUT2D eigenvalue weighted by Gasteiger charge is -2.03. The summed E-state index contributed by atoms with van der Waals surface area (Å²) in [6.07, 6.45) is -0.0410. The van der Waals surface area contributed by atoms with Gasteiger partial charge in [0.25, 0.3) is 11.6 Å². The molecule has 0 aliphatic carbocycles. The van der Waals surface area contributed by atoms with Crippen LogP contribution in [0.1, 0.15) is 10.5 Å². The minimum Gasteiger partial charge on any atom is -0.465 e. The Morgan fingerprint density at radius 3 is 2.81 bits per heavy atom. The van der Waals surface area contributed by atoms with Crippen LogP contribution in [0.5, 0.6) is 0 Å². The molecule has 0 saturated carbocycles. The molecule has 11 nitrogen and oxygen atoms in total. The lowest BCUT2D eigenvalue weighted by molar-refractivity contribution is -0.334. The molecule has 110 valence electrons. The zero-order chi connectivity index (χ0) is 15.4. The first-order chi connectivity index (χ1) is 9.97. The number of hydrogen-bond acceptors (Lipinski definition) is 6. The van der Waals surface area contributed by atoms with E-state index in [1.807, 2.05) is 0 Å². The Hall–Kier alpha value is -3.24. The van der Waals surface area contributed by atoms with E-state index in [2.05, 4.69) is 30.6 Å². The number of nitrogens with two attached hydrogens (primary N) is 1. The van der Waals surface area contributed by atoms with Gasteiger partial charge in [0.1, 0.15) is 0 Å². The largest absolute Gasteiger partial charge is 0.465 e. The number of nitrogens with zero attached hydrogens (tertiary/aromatic N) is 2. The Morgan fingerprint density at radius 2 is 2.10 bits per heavy atom. The Labute approximate surface area is 116 Å². The fourth-order valence-electron chi connectivity index (χ4n) is 1.53. The van der Waals surface area contributed by atoms with Crippen molar-refractivity contribution >= 4 is 29.1 Å². The standard InChI is InChI=1S/C10H11N7O4/c11-9-16-6-5(8(19)17-9)14-3-4(15-6)7(18)12-1-2-13-10(20)21/h3,13H,1-2H2,(H,12,18)(H,20,21)(H3,11,15,16,17,19)/p+1. The van der Waals surface area contributed by atoms with E-state index in [0.29, 0.717) is 0 Å². The number of H-pyrrole nitrogens is 2. The second kappa shape index (κ2) is 5.81. The van der Waals surface area contributed by atoms with Gasteiger partial charge in [-0.15, -0.1) is 4.98 Å². The van der Waals surface area contributed by atoms with Crippen LogP contribution in [0.2, 0.25) is 0 Å². The summed E-state index contributed by atoms with van der Waals surface area (Å²) in [4.78, 5) is 46.2. The molecule has 0 spiro atoms. The first-order valence-corrected chi connectivity index (χ1v) is 5.80. The fourth-order valence-corrected chi connectivity index (χ4v) is 1.53. The Morgan fingerprint density at radius 1 is 1.38 bits per heavy atom. The summed E-state index contributed by atoms with van der Waals surface area (Å²) in [7, 11) is 0. The molecule has 0 bridgehead atoms. The normalized spacial score (nSPS) is 10.3. The van der Waals surface area contributed by atoms with Crippen LogP contribution in [0.4, 0.5) is 10.7 Å². The predicted octanol–water partition coefficient (Wildman–Crippen LogP) is -2.29. The summed E-state index contributed by atoms with van der Waals surface area (Å²) in [6.45, 7) is 0.146. The highest BCUT2D eigenvalue weighted by molar-refractivity contribution is 5.93. The average Bonchev–Trinajstić information content (AvgIpc) is 2.42. The topological polar surface area (TPSA) is 177 Å². The number of aromatic amines is 2. The van der Waals surface area contributed by atoms with Crippen LogP contribution in [0.15, 0.2) is 11.0 Å². The van der Waals surface area contributed by atoms with E-state index >= 15 is 0 Å². The van der Waals surface area contributed by atoms with Gasteiger partial charge in [0.2, 0.25) is 11.2 Å². The minimum absolute atomic E-state index is 0.00924. The maximum Gasteiger partial charge on any atom is 0.404 e. The highest BCUT2D eigenvalue weighted by Crippen LogP contribution is 1.99. The molecule has 0 aromatic carbocycles. The van der Waals surface area contributed by atoms with Gasteiger partial charge < -0.3 is 21.5 Å². The van der Waals surface area contributed by atoms with Crippen molar-refractivity contribution in [2.24, 2.45) is 0 Å². The van der Waals surface area contributed by atoms with Gasteiger partial charge in [0.15, 0.2) is 0 Å². The summed E-state index contributed by atoms with van der Waals surface area (Å²) in [5.41, 5.74) is 4.98. The number of nitrogen functional groups attached to an aromatic ring is 1. The molecule has 0 radical (unpaired) electrons. The van der Waals surface area contributed by atoms with Gasteiger partial charge in [0, 0.05) is 13.1 Å². The molecular formula is C10H12N7O4+. The summed E-state index contributed by atoms with van der Waals surface area (Å²) < 4.78 is 0. The Kier molecular flexibility index (Phi) is 3.92. The zero-order valence-electron chi connectivity index (χ0n) is 10.6. The average molecular weight is 294 g/mol. The van der Waals surface area contributed by atoms with Gasteiger partial charge >= 0.3 is 17.6 Å². The van der Waals surface area contributed by atoms with Crippen LogP contribution in [-0.4, -0.2) is 45.1 Å². The molecule has 2 aromatic heterocycles. The number of aromatic nitrogens is 4. The number of carboxylic acid groups (broad SMARTS) is 1. The van der Waals surface area contributed by atoms with Gasteiger partial charge in [-0.3, -0.25) is 9.59 Å². The van der Waals surface area contributed by atoms with Crippen molar-refractivity contribution in [2.45, 2.75) is 0 Å². The SMILES string of the molecule is Nc1[nH]c(=O)c2ncc(C(=O)NCCNC(=O)O)nc2[nH+]1. The van der Waals surface area contributed by atoms with Crippen LogP contribution in [0.25, 0.3) is 11.2 Å². The van der Waals surface area contributed by atoms with E-state index in [9.17, 15) is 14.4 Å². The van der Waals surface area contributed by atoms with E-state index < -0.39 is 17.6 Å². The monoisotopic (exact) mass is 294 g/mol. The first-order valence-electron chi connectivity index (χ1n) is 5.80. The quantitative estimate of drug-likeness (QED) is 0.394. The van der Waals surface area contributed by atoms with E-state index in [4.69, 9.17) is 10.8 Å². The van der Waals surface area contributed by atoms with Crippen molar-refractivity contribution in [1.29, 1.82) is 0 Å². The van der Waals surface area contributed by atoms with Gasteiger partial charge in [-0.25, -0.2) is 19.7 Å². The third-order valence-corrected chi connectivity index (χ3v) is 2.41. The second-order valence-corrected chi connectivity index (χ2v) is 3.93. The van der Waals surface area contributed by atoms with Crippen molar-refractivity contribution in [3.8, 4) is 0 Å². The number of amides is 2. The van der Waals surface area contributed by atoms with Gasteiger partial charge in [-0.2, -0.15) is 0 Å². The molecule has 0 unspecified atom stereocenters. The summed E-state index contributed by atoms with van der Waals surface area (Å²) in [5, 5.41) is 12.9. The van der Waals surface area contributed by atoms with Crippen molar-refractivity contribution in [3.05, 3.63) is 22.2 Å². The van der Waals surface area contributed by atoms with Crippen LogP contribution < -0.4 is 26.9 Å². The van der Waals surface area contributed by atoms with Crippen molar-refractivity contribution in [3.63, 3.8) is 0 Å². The van der Waals surface area contributed by atoms with Gasteiger partial charge in [0.05, 0.1) is 6.20 Å². The highest BCUT2D eigenvalue weighted by Gasteiger charge is 2.15. The highest BCUT2D eigenvalue weighted by atomic mass is 16.4. The third-order valence-electron chi connectivity index (χ3n) is 2.41. The molecule has 2 amide bonds. The van der Waals surface area contributed by atoms with E-state index in [0.717, 1.165) is 6.20 Å². The second-order valence-electron chi connectivity index (χ2n) is 3.93. The number of hydrogen-bond donors (Lipinski definition) is 5. The Balaban J connectivity index is 2.13. The molecule has 0 saturated heterocycles. The molecule has 2 heterocycles. The molecule has 0 aliphatic rings. The van der Waals surface area contributed by atoms with Crippen LogP contribution in [0.3, 0.4) is 0 Å². The maximum atomic E-state index is 11.8. The summed E-state index contributed by atoms with van der Waals surface area (Å²) >= 11 is 0. The summed E-state index contributed by atoms with van der Waals surface area (Å²) in [6, 6.07) is 0. The maximum absolute atomic E-state index is 11.8. The number of rotatable bonds is 4. The van der Waals surface area contributed by atoms with Crippen LogP contribution in [0, 0.1) is 0 Å². The predicted molar refractivity (Wildman–Crippen MR) is 69.5 cm³/mol. The van der Waals surface area contributed by atoms with Crippen molar-refractivity contribution in [1.82, 2.24) is 25.6 Å². The molecule has 0 atom stereocenters. The lowest BCUT2D eigenvalue weighted by atomic mass is 10.4. The number of anilines is 1. The molecule has 2 rings (SSSR count). The molecule has 0 fully saturated rings. The minimum atomic E-state index is -1.18. The number of nitrogens with one attached hydrogen (secondary N) is 4. The molecular weight excluding hydrogens is 282 g/mol. The lowest BCUT2D eigenvalue weighted by Crippen LogP contribution is -2.34. The van der Waals surface area contributed by atoms with Gasteiger partial charge in [-0.05, 0) is 0 Å². The fraction of sp³-hybridized carbons (Fsp3) is 0.200. The smallest absolute Gasteiger partial charge is 0.404 e. The summed E-state index contributed by atoms with van der Waals surface area (Å²) in [5.74, 6) is -0.561. The molecule has 11 heteroatoms. The van der Waals surface area contributed by atoms with Crippen LogP contribution in [-0.2, 0) is 0 Å². The van der Waals surface area contributed by atoms with Crippen LogP contribution >= 0.6 is 0 Å². The number of fused-ring (bicyclic) bond motifs is 1. The van der Waals surface area contributed by atoms with E-state index in [-0.39, 0.29) is 35.9 Å². The van der Waals surface area contributed by atoms with E-state index in [1.165, 1.54) is 0 Å². The van der Waals surface area contributed by atoms with E-state index in [1.54, 1.807) is 0 Å². The molecule has 0 aliphatic heterocycles.